The molecule has 1 fully saturated rings. The van der Waals surface area contributed by atoms with Crippen LogP contribution in [0.25, 0.3) is 0 Å². The average molecular weight is 298 g/mol. The number of thioether (sulfide) groups is 1. The molecule has 2 aromatic rings. The Hall–Kier alpha value is -1.94. The van der Waals surface area contributed by atoms with Crippen molar-refractivity contribution in [2.45, 2.75) is 23.2 Å². The van der Waals surface area contributed by atoms with Gasteiger partial charge in [-0.15, -0.1) is 11.8 Å². The van der Waals surface area contributed by atoms with Gasteiger partial charge in [0.1, 0.15) is 0 Å². The van der Waals surface area contributed by atoms with Crippen LogP contribution in [0.3, 0.4) is 0 Å². The molecule has 0 heterocycles. The maximum Gasteiger partial charge on any atom is 0.235 e. The van der Waals surface area contributed by atoms with Crippen molar-refractivity contribution in [3.05, 3.63) is 54.1 Å². The number of rotatable bonds is 4. The highest BCUT2D eigenvalue weighted by molar-refractivity contribution is 7.98. The number of carbonyl (C=O) groups is 1. The lowest BCUT2D eigenvalue weighted by Crippen LogP contribution is -2.28. The Bertz CT molecular complexity index is 663. The van der Waals surface area contributed by atoms with E-state index >= 15 is 0 Å². The first-order valence-corrected chi connectivity index (χ1v) is 8.19. The summed E-state index contributed by atoms with van der Waals surface area (Å²) in [5.41, 5.74) is 8.01. The van der Waals surface area contributed by atoms with Gasteiger partial charge < -0.3 is 11.1 Å². The molecule has 3 nitrogen and oxygen atoms in total. The predicted octanol–water partition coefficient (Wildman–Crippen LogP) is 3.66. The van der Waals surface area contributed by atoms with E-state index in [0.717, 1.165) is 34.7 Å². The summed E-state index contributed by atoms with van der Waals surface area (Å²) in [7, 11) is 0. The van der Waals surface area contributed by atoms with Crippen molar-refractivity contribution >= 4 is 29.0 Å². The van der Waals surface area contributed by atoms with Crippen LogP contribution in [0.2, 0.25) is 0 Å². The second kappa shape index (κ2) is 5.45. The maximum absolute atomic E-state index is 12.7. The Morgan fingerprint density at radius 3 is 2.43 bits per heavy atom. The first-order chi connectivity index (χ1) is 10.2. The zero-order valence-corrected chi connectivity index (χ0v) is 12.7. The zero-order valence-electron chi connectivity index (χ0n) is 11.9. The van der Waals surface area contributed by atoms with E-state index in [4.69, 9.17) is 5.73 Å². The number of carbonyl (C=O) groups excluding carboxylic acids is 1. The third-order valence-corrected chi connectivity index (χ3v) is 4.80. The van der Waals surface area contributed by atoms with Crippen molar-refractivity contribution < 1.29 is 4.79 Å². The molecular weight excluding hydrogens is 280 g/mol. The van der Waals surface area contributed by atoms with E-state index in [1.165, 1.54) is 0 Å². The summed E-state index contributed by atoms with van der Waals surface area (Å²) >= 11 is 1.63. The number of hydrogen-bond acceptors (Lipinski definition) is 3. The highest BCUT2D eigenvalue weighted by Gasteiger charge is 2.51. The summed E-state index contributed by atoms with van der Waals surface area (Å²) in [6, 6.07) is 15.5. The second-order valence-corrected chi connectivity index (χ2v) is 6.21. The molecule has 1 amide bonds. The molecule has 1 aliphatic carbocycles. The molecular formula is C17H18N2OS. The highest BCUT2D eigenvalue weighted by atomic mass is 32.2. The smallest absolute Gasteiger partial charge is 0.235 e. The van der Waals surface area contributed by atoms with Crippen LogP contribution in [0.5, 0.6) is 0 Å². The number of hydrogen-bond donors (Lipinski definition) is 2. The number of nitrogens with two attached hydrogens (primary N) is 1. The van der Waals surface area contributed by atoms with Crippen LogP contribution in [0, 0.1) is 0 Å². The van der Waals surface area contributed by atoms with Gasteiger partial charge in [0, 0.05) is 10.6 Å². The van der Waals surface area contributed by atoms with Gasteiger partial charge in [0.05, 0.1) is 11.1 Å². The van der Waals surface area contributed by atoms with Gasteiger partial charge in [-0.1, -0.05) is 24.3 Å². The molecule has 3 rings (SSSR count). The molecule has 0 unspecified atom stereocenters. The lowest BCUT2D eigenvalue weighted by Gasteiger charge is -2.17. The fraction of sp³-hybridized carbons (Fsp3) is 0.235. The van der Waals surface area contributed by atoms with E-state index in [1.54, 1.807) is 11.8 Å². The molecule has 108 valence electrons. The maximum atomic E-state index is 12.7. The second-order valence-electron chi connectivity index (χ2n) is 5.36. The van der Waals surface area contributed by atoms with Crippen molar-refractivity contribution in [3.8, 4) is 0 Å². The number of anilines is 2. The first-order valence-electron chi connectivity index (χ1n) is 6.96. The summed E-state index contributed by atoms with van der Waals surface area (Å²) < 4.78 is 0. The summed E-state index contributed by atoms with van der Waals surface area (Å²) in [5.74, 6) is 0.0776. The van der Waals surface area contributed by atoms with E-state index in [0.29, 0.717) is 0 Å². The fourth-order valence-electron chi connectivity index (χ4n) is 2.56. The van der Waals surface area contributed by atoms with Crippen molar-refractivity contribution in [3.63, 3.8) is 0 Å². The first kappa shape index (κ1) is 14.0. The topological polar surface area (TPSA) is 55.1 Å². The Balaban J connectivity index is 1.83. The molecule has 2 aromatic carbocycles. The standard InChI is InChI=1S/C17H18N2OS/c1-21-15-5-3-2-4-14(15)19-16(20)17(10-11-17)12-6-8-13(18)9-7-12/h2-9H,10-11,18H2,1H3,(H,19,20). The van der Waals surface area contributed by atoms with Gasteiger partial charge in [0.25, 0.3) is 0 Å². The molecule has 0 spiro atoms. The molecule has 0 atom stereocenters. The molecule has 0 aliphatic heterocycles. The Kier molecular flexibility index (Phi) is 3.64. The molecule has 1 saturated carbocycles. The van der Waals surface area contributed by atoms with Crippen LogP contribution in [0.4, 0.5) is 11.4 Å². The third-order valence-electron chi connectivity index (χ3n) is 4.00. The Morgan fingerprint density at radius 2 is 1.81 bits per heavy atom. The van der Waals surface area contributed by atoms with Gasteiger partial charge in [0.2, 0.25) is 5.91 Å². The number of para-hydroxylation sites is 1. The van der Waals surface area contributed by atoms with Crippen LogP contribution < -0.4 is 11.1 Å². The zero-order chi connectivity index (χ0) is 14.9. The van der Waals surface area contributed by atoms with E-state index in [1.807, 2.05) is 54.8 Å². The summed E-state index contributed by atoms with van der Waals surface area (Å²) in [6.07, 6.45) is 3.80. The van der Waals surface area contributed by atoms with Crippen molar-refractivity contribution in [1.82, 2.24) is 0 Å². The lowest BCUT2D eigenvalue weighted by atomic mass is 9.94. The Morgan fingerprint density at radius 1 is 1.14 bits per heavy atom. The van der Waals surface area contributed by atoms with Gasteiger partial charge in [0.15, 0.2) is 0 Å². The van der Waals surface area contributed by atoms with Gasteiger partial charge in [-0.2, -0.15) is 0 Å². The minimum Gasteiger partial charge on any atom is -0.399 e. The monoisotopic (exact) mass is 298 g/mol. The largest absolute Gasteiger partial charge is 0.399 e. The van der Waals surface area contributed by atoms with Crippen LogP contribution in [0.15, 0.2) is 53.4 Å². The minimum absolute atomic E-state index is 0.0776. The van der Waals surface area contributed by atoms with Gasteiger partial charge in [-0.25, -0.2) is 0 Å². The predicted molar refractivity (Wildman–Crippen MR) is 88.6 cm³/mol. The quantitative estimate of drug-likeness (QED) is 0.669. The van der Waals surface area contributed by atoms with Crippen LogP contribution in [-0.2, 0) is 10.2 Å². The number of benzene rings is 2. The number of nitrogens with one attached hydrogen (secondary N) is 1. The lowest BCUT2D eigenvalue weighted by molar-refractivity contribution is -0.118. The number of nitrogen functional groups attached to an aromatic ring is 1. The van der Waals surface area contributed by atoms with Crippen LogP contribution in [-0.4, -0.2) is 12.2 Å². The van der Waals surface area contributed by atoms with Crippen LogP contribution in [0.1, 0.15) is 18.4 Å². The average Bonchev–Trinajstić information content (AvgIpc) is 3.30. The molecule has 0 aromatic heterocycles. The third kappa shape index (κ3) is 2.63. The Labute approximate surface area is 128 Å². The van der Waals surface area contributed by atoms with Crippen LogP contribution >= 0.6 is 11.8 Å². The normalized spacial score (nSPS) is 15.5. The molecule has 3 N–H and O–H groups in total. The SMILES string of the molecule is CSc1ccccc1NC(=O)C1(c2ccc(N)cc2)CC1. The van der Waals surface area contributed by atoms with Gasteiger partial charge >= 0.3 is 0 Å². The van der Waals surface area contributed by atoms with Gasteiger partial charge in [-0.3, -0.25) is 4.79 Å². The summed E-state index contributed by atoms with van der Waals surface area (Å²) in [5, 5.41) is 3.09. The van der Waals surface area contributed by atoms with E-state index in [-0.39, 0.29) is 11.3 Å². The molecule has 0 saturated heterocycles. The highest BCUT2D eigenvalue weighted by Crippen LogP contribution is 2.49. The minimum atomic E-state index is -0.376. The summed E-state index contributed by atoms with van der Waals surface area (Å²) in [6.45, 7) is 0. The number of amides is 1. The molecule has 4 heteroatoms. The van der Waals surface area contributed by atoms with Crippen molar-refractivity contribution in [2.24, 2.45) is 0 Å². The molecule has 0 radical (unpaired) electrons. The van der Waals surface area contributed by atoms with E-state index in [9.17, 15) is 4.79 Å². The molecule has 1 aliphatic rings. The van der Waals surface area contributed by atoms with E-state index < -0.39 is 0 Å². The molecule has 0 bridgehead atoms. The van der Waals surface area contributed by atoms with E-state index in [2.05, 4.69) is 5.32 Å². The fourth-order valence-corrected chi connectivity index (χ4v) is 3.12. The van der Waals surface area contributed by atoms with Crippen molar-refractivity contribution in [2.75, 3.05) is 17.3 Å². The van der Waals surface area contributed by atoms with Gasteiger partial charge in [-0.05, 0) is 48.9 Å². The summed E-state index contributed by atoms with van der Waals surface area (Å²) in [4.78, 5) is 13.8. The molecule has 21 heavy (non-hydrogen) atoms. The van der Waals surface area contributed by atoms with Crippen molar-refractivity contribution in [1.29, 1.82) is 0 Å².